The molecule has 1 aromatic carbocycles. The Morgan fingerprint density at radius 1 is 1.22 bits per heavy atom. The van der Waals surface area contributed by atoms with Crippen molar-refractivity contribution >= 4 is 22.7 Å². The molecule has 0 amide bonds. The highest BCUT2D eigenvalue weighted by molar-refractivity contribution is 5.85. The van der Waals surface area contributed by atoms with Crippen LogP contribution in [0, 0.1) is 23.0 Å². The van der Waals surface area contributed by atoms with Crippen LogP contribution >= 0.6 is 0 Å². The number of aromatic nitrogens is 4. The molecule has 140 valence electrons. The van der Waals surface area contributed by atoms with Crippen LogP contribution in [-0.4, -0.2) is 44.6 Å². The number of hydrogen-bond donors (Lipinski definition) is 1. The number of nitrogens with one attached hydrogen (secondary N) is 1. The monoisotopic (exact) mass is 371 g/mol. The molecule has 0 saturated carbocycles. The number of aryl methyl sites for hydroxylation is 1. The summed E-state index contributed by atoms with van der Waals surface area (Å²) in [6.07, 6.45) is 2.52. The predicted octanol–water partition coefficient (Wildman–Crippen LogP) is 3.06. The first-order chi connectivity index (χ1) is 13.0. The van der Waals surface area contributed by atoms with Crippen LogP contribution in [0.5, 0.6) is 0 Å². The van der Waals surface area contributed by atoms with Crippen LogP contribution in [0.1, 0.15) is 19.2 Å². The van der Waals surface area contributed by atoms with E-state index in [4.69, 9.17) is 0 Å². The highest BCUT2D eigenvalue weighted by Crippen LogP contribution is 2.24. The number of halogens is 2. The lowest BCUT2D eigenvalue weighted by Crippen LogP contribution is -2.20. The van der Waals surface area contributed by atoms with Gasteiger partial charge in [0, 0.05) is 18.3 Å². The summed E-state index contributed by atoms with van der Waals surface area (Å²) in [4.78, 5) is 14.8. The molecule has 7 nitrogen and oxygen atoms in total. The molecule has 1 N–H and O–H groups in total. The van der Waals surface area contributed by atoms with Crippen LogP contribution in [0.3, 0.4) is 0 Å². The summed E-state index contributed by atoms with van der Waals surface area (Å²) in [6.45, 7) is 4.65. The van der Waals surface area contributed by atoms with Gasteiger partial charge < -0.3 is 14.8 Å². The van der Waals surface area contributed by atoms with Crippen molar-refractivity contribution < 1.29 is 8.78 Å². The maximum atomic E-state index is 13.4. The van der Waals surface area contributed by atoms with Gasteiger partial charge in [-0.3, -0.25) is 0 Å². The van der Waals surface area contributed by atoms with E-state index in [1.54, 1.807) is 6.33 Å². The van der Waals surface area contributed by atoms with Gasteiger partial charge in [-0.05, 0) is 38.7 Å². The molecule has 0 atom stereocenters. The molecule has 3 rings (SSSR count). The van der Waals surface area contributed by atoms with E-state index in [-0.39, 0.29) is 17.3 Å². The molecule has 0 aliphatic heterocycles. The summed E-state index contributed by atoms with van der Waals surface area (Å²) in [6, 6.07) is 4.97. The molecular formula is C18H19F2N7. The normalized spacial score (nSPS) is 11.1. The fourth-order valence-corrected chi connectivity index (χ4v) is 2.68. The van der Waals surface area contributed by atoms with Crippen LogP contribution < -0.4 is 5.32 Å². The lowest BCUT2D eigenvalue weighted by atomic mass is 10.3. The summed E-state index contributed by atoms with van der Waals surface area (Å²) in [5, 5.41) is 12.1. The summed E-state index contributed by atoms with van der Waals surface area (Å²) in [7, 11) is 2.04. The molecule has 0 spiro atoms. The summed E-state index contributed by atoms with van der Waals surface area (Å²) >= 11 is 0. The Morgan fingerprint density at radius 3 is 2.63 bits per heavy atom. The van der Waals surface area contributed by atoms with Gasteiger partial charge in [-0.15, -0.1) is 0 Å². The van der Waals surface area contributed by atoms with Crippen molar-refractivity contribution in [3.8, 4) is 6.07 Å². The van der Waals surface area contributed by atoms with Crippen molar-refractivity contribution in [3.63, 3.8) is 0 Å². The molecule has 9 heteroatoms. The third-order valence-electron chi connectivity index (χ3n) is 4.17. The van der Waals surface area contributed by atoms with Crippen LogP contribution in [0.2, 0.25) is 0 Å². The molecule has 0 aliphatic rings. The van der Waals surface area contributed by atoms with E-state index < -0.39 is 11.6 Å². The molecular weight excluding hydrogens is 352 g/mol. The van der Waals surface area contributed by atoms with Crippen molar-refractivity contribution in [3.05, 3.63) is 42.0 Å². The highest BCUT2D eigenvalue weighted by atomic mass is 19.1. The molecule has 0 bridgehead atoms. The minimum absolute atomic E-state index is 0.0469. The number of anilines is 2. The standard InChI is InChI=1S/C18H19F2N7/c1-3-26(2)5-4-6-27-11-22-16-17(24-15(10-21)25-18(16)27)23-14-8-12(19)7-13(20)9-14/h7-9,11H,3-6H2,1-2H3,(H,23,24,25). The maximum Gasteiger partial charge on any atom is 0.236 e. The van der Waals surface area contributed by atoms with Gasteiger partial charge in [-0.1, -0.05) is 6.92 Å². The van der Waals surface area contributed by atoms with E-state index >= 15 is 0 Å². The van der Waals surface area contributed by atoms with Gasteiger partial charge in [0.2, 0.25) is 5.82 Å². The third-order valence-corrected chi connectivity index (χ3v) is 4.17. The van der Waals surface area contributed by atoms with Gasteiger partial charge >= 0.3 is 0 Å². The lowest BCUT2D eigenvalue weighted by Gasteiger charge is -2.13. The number of fused-ring (bicyclic) bond motifs is 1. The summed E-state index contributed by atoms with van der Waals surface area (Å²) in [5.41, 5.74) is 1.11. The summed E-state index contributed by atoms with van der Waals surface area (Å²) in [5.74, 6) is -1.25. The van der Waals surface area contributed by atoms with Crippen molar-refractivity contribution in [1.29, 1.82) is 5.26 Å². The first-order valence-corrected chi connectivity index (χ1v) is 8.54. The molecule has 0 unspecified atom stereocenters. The second kappa shape index (κ2) is 8.05. The average Bonchev–Trinajstić information content (AvgIpc) is 3.04. The number of imidazole rings is 1. The van der Waals surface area contributed by atoms with Gasteiger partial charge in [0.05, 0.1) is 6.33 Å². The van der Waals surface area contributed by atoms with Gasteiger partial charge in [0.25, 0.3) is 0 Å². The van der Waals surface area contributed by atoms with Crippen LogP contribution in [-0.2, 0) is 6.54 Å². The molecule has 0 radical (unpaired) electrons. The van der Waals surface area contributed by atoms with Gasteiger partial charge in [0.15, 0.2) is 17.0 Å². The molecule has 3 aromatic rings. The Morgan fingerprint density at radius 2 is 1.96 bits per heavy atom. The topological polar surface area (TPSA) is 82.7 Å². The highest BCUT2D eigenvalue weighted by Gasteiger charge is 2.14. The Bertz CT molecular complexity index is 973. The van der Waals surface area contributed by atoms with E-state index in [0.29, 0.717) is 17.7 Å². The Labute approximate surface area is 155 Å². The van der Waals surface area contributed by atoms with E-state index in [9.17, 15) is 14.0 Å². The molecule has 2 heterocycles. The molecule has 0 aliphatic carbocycles. The van der Waals surface area contributed by atoms with Gasteiger partial charge in [-0.25, -0.2) is 13.8 Å². The Hall–Kier alpha value is -3.12. The minimum atomic E-state index is -0.714. The van der Waals surface area contributed by atoms with E-state index in [1.807, 2.05) is 17.7 Å². The molecule has 27 heavy (non-hydrogen) atoms. The number of hydrogen-bond acceptors (Lipinski definition) is 6. The van der Waals surface area contributed by atoms with Crippen molar-refractivity contribution in [2.45, 2.75) is 19.9 Å². The zero-order valence-corrected chi connectivity index (χ0v) is 15.1. The van der Waals surface area contributed by atoms with Crippen LogP contribution in [0.4, 0.5) is 20.3 Å². The van der Waals surface area contributed by atoms with Gasteiger partial charge in [0.1, 0.15) is 17.7 Å². The van der Waals surface area contributed by atoms with Crippen molar-refractivity contribution in [2.75, 3.05) is 25.5 Å². The summed E-state index contributed by atoms with van der Waals surface area (Å²) < 4.78 is 28.7. The molecule has 0 saturated heterocycles. The minimum Gasteiger partial charge on any atom is -0.338 e. The van der Waals surface area contributed by atoms with Crippen molar-refractivity contribution in [1.82, 2.24) is 24.4 Å². The lowest BCUT2D eigenvalue weighted by molar-refractivity contribution is 0.339. The van der Waals surface area contributed by atoms with E-state index in [2.05, 4.69) is 32.1 Å². The molecule has 2 aromatic heterocycles. The number of nitriles is 1. The van der Waals surface area contributed by atoms with Gasteiger partial charge in [-0.2, -0.15) is 15.2 Å². The first kappa shape index (κ1) is 18.7. The number of benzene rings is 1. The number of nitrogens with zero attached hydrogens (tertiary/aromatic N) is 6. The Kier molecular flexibility index (Phi) is 5.57. The zero-order valence-electron chi connectivity index (χ0n) is 15.1. The predicted molar refractivity (Wildman–Crippen MR) is 97.5 cm³/mol. The van der Waals surface area contributed by atoms with E-state index in [1.165, 1.54) is 0 Å². The number of rotatable bonds is 7. The van der Waals surface area contributed by atoms with Crippen molar-refractivity contribution in [2.24, 2.45) is 0 Å². The largest absolute Gasteiger partial charge is 0.338 e. The maximum absolute atomic E-state index is 13.4. The van der Waals surface area contributed by atoms with Crippen LogP contribution in [0.25, 0.3) is 11.2 Å². The fourth-order valence-electron chi connectivity index (χ4n) is 2.68. The zero-order chi connectivity index (χ0) is 19.4. The second-order valence-electron chi connectivity index (χ2n) is 6.15. The SMILES string of the molecule is CCN(C)CCCn1cnc2c(Nc3cc(F)cc(F)c3)nc(C#N)nc21. The second-order valence-corrected chi connectivity index (χ2v) is 6.15. The first-order valence-electron chi connectivity index (χ1n) is 8.54. The smallest absolute Gasteiger partial charge is 0.236 e. The fraction of sp³-hybridized carbons (Fsp3) is 0.333. The van der Waals surface area contributed by atoms with Crippen LogP contribution in [0.15, 0.2) is 24.5 Å². The molecule has 0 fully saturated rings. The Balaban J connectivity index is 1.92. The average molecular weight is 371 g/mol. The quantitative estimate of drug-likeness (QED) is 0.687. The third kappa shape index (κ3) is 4.35. The van der Waals surface area contributed by atoms with E-state index in [0.717, 1.165) is 37.7 Å².